The molecule has 0 radical (unpaired) electrons. The minimum absolute atomic E-state index is 0.0209. The van der Waals surface area contributed by atoms with E-state index in [1.165, 1.54) is 0 Å². The Kier molecular flexibility index (Phi) is 5.10. The molecule has 3 amide bonds. The van der Waals surface area contributed by atoms with E-state index in [-0.39, 0.29) is 24.3 Å². The normalized spacial score (nSPS) is 20.2. The third-order valence-electron chi connectivity index (χ3n) is 6.31. The van der Waals surface area contributed by atoms with Crippen molar-refractivity contribution in [2.45, 2.75) is 52.1 Å². The fourth-order valence-corrected chi connectivity index (χ4v) is 4.67. The van der Waals surface area contributed by atoms with E-state index in [0.29, 0.717) is 24.1 Å². The van der Waals surface area contributed by atoms with Gasteiger partial charge in [-0.1, -0.05) is 44.2 Å². The first kappa shape index (κ1) is 20.1. The van der Waals surface area contributed by atoms with Gasteiger partial charge in [0.1, 0.15) is 12.2 Å². The number of fused-ring (bicyclic) bond motifs is 3. The molecule has 4 rings (SSSR count). The van der Waals surface area contributed by atoms with Crippen molar-refractivity contribution in [3.8, 4) is 0 Å². The number of hydrogen-bond donors (Lipinski definition) is 1. The highest BCUT2D eigenvalue weighted by molar-refractivity contribution is 6.11. The molecule has 156 valence electrons. The van der Waals surface area contributed by atoms with Crippen LogP contribution in [0, 0.1) is 0 Å². The van der Waals surface area contributed by atoms with Gasteiger partial charge in [0.2, 0.25) is 11.8 Å². The average Bonchev–Trinajstić information content (AvgIpc) is 3.06. The Balaban J connectivity index is 1.66. The van der Waals surface area contributed by atoms with Crippen LogP contribution in [0.5, 0.6) is 0 Å². The average molecular weight is 405 g/mol. The summed E-state index contributed by atoms with van der Waals surface area (Å²) in [5.41, 5.74) is 3.23. The quantitative estimate of drug-likeness (QED) is 0.824. The maximum atomic E-state index is 13.3. The van der Waals surface area contributed by atoms with E-state index in [1.54, 1.807) is 28.0 Å². The topological polar surface area (TPSA) is 69.7 Å². The van der Waals surface area contributed by atoms with Crippen molar-refractivity contribution in [3.05, 3.63) is 59.2 Å². The maximum absolute atomic E-state index is 13.3. The molecule has 2 aromatic carbocycles. The molecule has 0 bridgehead atoms. The molecule has 1 unspecified atom stereocenters. The van der Waals surface area contributed by atoms with E-state index in [2.05, 4.69) is 19.2 Å². The first-order valence-corrected chi connectivity index (χ1v) is 10.5. The third kappa shape index (κ3) is 3.07. The van der Waals surface area contributed by atoms with Crippen molar-refractivity contribution >= 4 is 29.1 Å². The SMILES string of the molecule is CCc1cccc(CC)c1NC(=O)CN1C(=O)c2ccccc2N2C(=O)CCC12C. The molecule has 2 aromatic rings. The summed E-state index contributed by atoms with van der Waals surface area (Å²) < 4.78 is 0. The second kappa shape index (κ2) is 7.59. The van der Waals surface area contributed by atoms with Crippen molar-refractivity contribution in [1.29, 1.82) is 0 Å². The molecule has 1 N–H and O–H groups in total. The van der Waals surface area contributed by atoms with Crippen LogP contribution in [0.4, 0.5) is 11.4 Å². The largest absolute Gasteiger partial charge is 0.324 e. The summed E-state index contributed by atoms with van der Waals surface area (Å²) in [4.78, 5) is 42.3. The van der Waals surface area contributed by atoms with Gasteiger partial charge < -0.3 is 10.2 Å². The van der Waals surface area contributed by atoms with Crippen LogP contribution in [0.1, 0.15) is 55.1 Å². The summed E-state index contributed by atoms with van der Waals surface area (Å²) >= 11 is 0. The van der Waals surface area contributed by atoms with E-state index in [1.807, 2.05) is 31.2 Å². The fourth-order valence-electron chi connectivity index (χ4n) is 4.67. The van der Waals surface area contributed by atoms with E-state index < -0.39 is 5.66 Å². The van der Waals surface area contributed by atoms with Gasteiger partial charge in [0, 0.05) is 12.1 Å². The highest BCUT2D eigenvalue weighted by Gasteiger charge is 2.53. The Labute approximate surface area is 176 Å². The fraction of sp³-hybridized carbons (Fsp3) is 0.375. The highest BCUT2D eigenvalue weighted by Crippen LogP contribution is 2.43. The zero-order valence-electron chi connectivity index (χ0n) is 17.7. The van der Waals surface area contributed by atoms with Crippen molar-refractivity contribution in [3.63, 3.8) is 0 Å². The van der Waals surface area contributed by atoms with Gasteiger partial charge in [-0.15, -0.1) is 0 Å². The number of aryl methyl sites for hydroxylation is 2. The van der Waals surface area contributed by atoms with Crippen LogP contribution in [-0.2, 0) is 22.4 Å². The van der Waals surface area contributed by atoms with E-state index in [9.17, 15) is 14.4 Å². The lowest BCUT2D eigenvalue weighted by Gasteiger charge is -2.48. The number of para-hydroxylation sites is 2. The molecule has 6 heteroatoms. The van der Waals surface area contributed by atoms with Crippen LogP contribution in [0.3, 0.4) is 0 Å². The maximum Gasteiger partial charge on any atom is 0.258 e. The Hall–Kier alpha value is -3.15. The van der Waals surface area contributed by atoms with Crippen LogP contribution < -0.4 is 10.2 Å². The van der Waals surface area contributed by atoms with Crippen LogP contribution in [0.25, 0.3) is 0 Å². The molecule has 1 atom stereocenters. The number of carbonyl (C=O) groups excluding carboxylic acids is 3. The zero-order chi connectivity index (χ0) is 21.5. The molecule has 0 aromatic heterocycles. The van der Waals surface area contributed by atoms with Crippen molar-refractivity contribution in [1.82, 2.24) is 4.90 Å². The summed E-state index contributed by atoms with van der Waals surface area (Å²) in [7, 11) is 0. The molecule has 6 nitrogen and oxygen atoms in total. The number of hydrogen-bond acceptors (Lipinski definition) is 3. The Morgan fingerprint density at radius 3 is 2.37 bits per heavy atom. The molecule has 0 saturated carbocycles. The number of amides is 3. The standard InChI is InChI=1S/C24H27N3O3/c1-4-16-9-8-10-17(5-2)22(16)25-20(28)15-26-23(30)18-11-6-7-12-19(18)27-21(29)13-14-24(26,27)3/h6-12H,4-5,13-15H2,1-3H3,(H,25,28). The summed E-state index contributed by atoms with van der Waals surface area (Å²) in [6.07, 6.45) is 2.47. The van der Waals surface area contributed by atoms with Crippen molar-refractivity contribution < 1.29 is 14.4 Å². The van der Waals surface area contributed by atoms with Crippen LogP contribution in [-0.4, -0.2) is 34.8 Å². The molecule has 1 fully saturated rings. The summed E-state index contributed by atoms with van der Waals surface area (Å²) in [6, 6.07) is 13.1. The van der Waals surface area contributed by atoms with Crippen molar-refractivity contribution in [2.75, 3.05) is 16.8 Å². The number of rotatable bonds is 5. The Morgan fingerprint density at radius 2 is 1.70 bits per heavy atom. The van der Waals surface area contributed by atoms with Crippen LogP contribution >= 0.6 is 0 Å². The van der Waals surface area contributed by atoms with E-state index >= 15 is 0 Å². The summed E-state index contributed by atoms with van der Waals surface area (Å²) in [5, 5.41) is 3.04. The lowest BCUT2D eigenvalue weighted by Crippen LogP contribution is -2.63. The van der Waals surface area contributed by atoms with Crippen molar-refractivity contribution in [2.24, 2.45) is 0 Å². The van der Waals surface area contributed by atoms with E-state index in [4.69, 9.17) is 0 Å². The minimum Gasteiger partial charge on any atom is -0.324 e. The second-order valence-electron chi connectivity index (χ2n) is 8.06. The molecular weight excluding hydrogens is 378 g/mol. The number of anilines is 2. The van der Waals surface area contributed by atoms with Gasteiger partial charge in [0.25, 0.3) is 5.91 Å². The van der Waals surface area contributed by atoms with Crippen LogP contribution in [0.15, 0.2) is 42.5 Å². The lowest BCUT2D eigenvalue weighted by atomic mass is 9.98. The Morgan fingerprint density at radius 1 is 1.03 bits per heavy atom. The smallest absolute Gasteiger partial charge is 0.258 e. The number of carbonyl (C=O) groups is 3. The molecule has 30 heavy (non-hydrogen) atoms. The predicted molar refractivity (Wildman–Crippen MR) is 116 cm³/mol. The Bertz CT molecular complexity index is 1010. The predicted octanol–water partition coefficient (Wildman–Crippen LogP) is 3.75. The van der Waals surface area contributed by atoms with Gasteiger partial charge in [-0.3, -0.25) is 19.3 Å². The van der Waals surface area contributed by atoms with Gasteiger partial charge in [0.05, 0.1) is 11.3 Å². The first-order valence-electron chi connectivity index (χ1n) is 10.5. The third-order valence-corrected chi connectivity index (χ3v) is 6.31. The summed E-state index contributed by atoms with van der Waals surface area (Å²) in [6.45, 7) is 5.88. The van der Waals surface area contributed by atoms with Gasteiger partial charge in [0.15, 0.2) is 0 Å². The number of benzene rings is 2. The minimum atomic E-state index is -0.836. The highest BCUT2D eigenvalue weighted by atomic mass is 16.2. The molecule has 1 saturated heterocycles. The molecule has 0 aliphatic carbocycles. The summed E-state index contributed by atoms with van der Waals surface area (Å²) in [5.74, 6) is -0.486. The monoisotopic (exact) mass is 405 g/mol. The molecule has 0 spiro atoms. The lowest BCUT2D eigenvalue weighted by molar-refractivity contribution is -0.120. The molecule has 2 heterocycles. The molecule has 2 aliphatic heterocycles. The molecular formula is C24H27N3O3. The van der Waals surface area contributed by atoms with Crippen LogP contribution in [0.2, 0.25) is 0 Å². The van der Waals surface area contributed by atoms with Gasteiger partial charge >= 0.3 is 0 Å². The van der Waals surface area contributed by atoms with Gasteiger partial charge in [-0.2, -0.15) is 0 Å². The first-order chi connectivity index (χ1) is 14.4. The number of nitrogens with zero attached hydrogens (tertiary/aromatic N) is 2. The van der Waals surface area contributed by atoms with E-state index in [0.717, 1.165) is 29.7 Å². The zero-order valence-corrected chi connectivity index (χ0v) is 17.7. The number of nitrogens with one attached hydrogen (secondary N) is 1. The second-order valence-corrected chi connectivity index (χ2v) is 8.06. The van der Waals surface area contributed by atoms with Gasteiger partial charge in [-0.25, -0.2) is 0 Å². The van der Waals surface area contributed by atoms with Gasteiger partial charge in [-0.05, 0) is 49.4 Å². The molecule has 2 aliphatic rings.